The smallest absolute Gasteiger partial charge is 0.321 e. The summed E-state index contributed by atoms with van der Waals surface area (Å²) in [6.45, 7) is 3.02. The van der Waals surface area contributed by atoms with Crippen molar-refractivity contribution in [3.63, 3.8) is 0 Å². The molecule has 1 rings (SSSR count). The van der Waals surface area contributed by atoms with Crippen LogP contribution in [0, 0.1) is 13.8 Å². The monoisotopic (exact) mass is 422 g/mol. The van der Waals surface area contributed by atoms with Gasteiger partial charge in [-0.3, -0.25) is 13.9 Å². The molecule has 1 aromatic carbocycles. The number of hydrogen-bond acceptors (Lipinski definition) is 6. The minimum Gasteiger partial charge on any atom is -0.481 e. The van der Waals surface area contributed by atoms with Crippen molar-refractivity contribution in [3.05, 3.63) is 23.3 Å². The van der Waals surface area contributed by atoms with Crippen LogP contribution < -0.4 is 9.03 Å². The Bertz CT molecular complexity index is 954. The van der Waals surface area contributed by atoms with Crippen molar-refractivity contribution in [2.45, 2.75) is 37.6 Å². The highest BCUT2D eigenvalue weighted by Crippen LogP contribution is 2.30. The van der Waals surface area contributed by atoms with Crippen molar-refractivity contribution in [3.8, 4) is 0 Å². The molecule has 0 amide bonds. The molecule has 0 spiro atoms. The molecule has 1 aromatic rings. The number of aliphatic carboxylic acids is 2. The number of nitrogens with zero attached hydrogens (tertiary/aromatic N) is 1. The number of hydrogen-bond donors (Lipinski definition) is 3. The lowest BCUT2D eigenvalue weighted by Crippen LogP contribution is -2.41. The van der Waals surface area contributed by atoms with E-state index in [1.165, 1.54) is 26.1 Å². The van der Waals surface area contributed by atoms with Gasteiger partial charge in [-0.2, -0.15) is 4.72 Å². The lowest BCUT2D eigenvalue weighted by molar-refractivity contribution is -0.140. The van der Waals surface area contributed by atoms with Gasteiger partial charge < -0.3 is 10.2 Å². The molecule has 3 N–H and O–H groups in total. The average molecular weight is 422 g/mol. The number of aryl methyl sites for hydroxylation is 1. The van der Waals surface area contributed by atoms with Crippen molar-refractivity contribution in [2.24, 2.45) is 0 Å². The van der Waals surface area contributed by atoms with Crippen molar-refractivity contribution in [1.82, 2.24) is 4.72 Å². The second kappa shape index (κ2) is 8.23. The third-order valence-corrected chi connectivity index (χ3v) is 6.72. The van der Waals surface area contributed by atoms with Crippen LogP contribution in [-0.2, 0) is 29.6 Å². The first kappa shape index (κ1) is 22.9. The first-order valence-corrected chi connectivity index (χ1v) is 11.0. The minimum absolute atomic E-state index is 0.123. The maximum absolute atomic E-state index is 12.7. The maximum Gasteiger partial charge on any atom is 0.321 e. The van der Waals surface area contributed by atoms with E-state index in [0.717, 1.165) is 10.6 Å². The van der Waals surface area contributed by atoms with Gasteiger partial charge in [-0.05, 0) is 37.5 Å². The molecule has 0 aliphatic carbocycles. The summed E-state index contributed by atoms with van der Waals surface area (Å²) in [6, 6.07) is 1.01. The topological polar surface area (TPSA) is 158 Å². The highest BCUT2D eigenvalue weighted by atomic mass is 32.2. The van der Waals surface area contributed by atoms with Crippen molar-refractivity contribution in [2.75, 3.05) is 17.6 Å². The van der Waals surface area contributed by atoms with Crippen LogP contribution in [-0.4, -0.2) is 58.3 Å². The van der Waals surface area contributed by atoms with Crippen LogP contribution in [0.2, 0.25) is 0 Å². The molecule has 0 radical (unpaired) electrons. The van der Waals surface area contributed by atoms with Gasteiger partial charge in [0.15, 0.2) is 0 Å². The zero-order valence-electron chi connectivity index (χ0n) is 15.3. The summed E-state index contributed by atoms with van der Waals surface area (Å²) in [4.78, 5) is 21.6. The van der Waals surface area contributed by atoms with E-state index in [1.807, 2.05) is 4.72 Å². The molecule has 1 unspecified atom stereocenters. The average Bonchev–Trinajstić information content (AvgIpc) is 2.49. The predicted molar refractivity (Wildman–Crippen MR) is 97.8 cm³/mol. The first-order valence-electron chi connectivity index (χ1n) is 7.69. The third-order valence-electron chi connectivity index (χ3n) is 3.93. The van der Waals surface area contributed by atoms with Gasteiger partial charge in [0, 0.05) is 13.5 Å². The first-order chi connectivity index (χ1) is 12.2. The molecule has 0 fully saturated rings. The van der Waals surface area contributed by atoms with Gasteiger partial charge in [0.25, 0.3) is 0 Å². The van der Waals surface area contributed by atoms with Crippen LogP contribution in [0.3, 0.4) is 0 Å². The number of rotatable bonds is 9. The lowest BCUT2D eigenvalue weighted by Gasteiger charge is -2.23. The van der Waals surface area contributed by atoms with E-state index in [4.69, 9.17) is 10.2 Å². The molecule has 12 heteroatoms. The van der Waals surface area contributed by atoms with E-state index < -0.39 is 50.9 Å². The van der Waals surface area contributed by atoms with Crippen LogP contribution >= 0.6 is 0 Å². The van der Waals surface area contributed by atoms with Gasteiger partial charge in [0.05, 0.1) is 16.8 Å². The van der Waals surface area contributed by atoms with E-state index in [2.05, 4.69) is 0 Å². The minimum atomic E-state index is -4.35. The van der Waals surface area contributed by atoms with E-state index in [-0.39, 0.29) is 16.1 Å². The summed E-state index contributed by atoms with van der Waals surface area (Å²) in [6.07, 6.45) is -0.00298. The zero-order chi connectivity index (χ0) is 21.2. The Balaban J connectivity index is 3.39. The molecule has 1 atom stereocenters. The summed E-state index contributed by atoms with van der Waals surface area (Å²) in [5.41, 5.74) is 0.802. The molecule has 0 saturated heterocycles. The fraction of sp³-hybridized carbons (Fsp3) is 0.467. The fourth-order valence-electron chi connectivity index (χ4n) is 2.51. The Kier molecular flexibility index (Phi) is 6.97. The van der Waals surface area contributed by atoms with Crippen LogP contribution in [0.25, 0.3) is 0 Å². The summed E-state index contributed by atoms with van der Waals surface area (Å²) < 4.78 is 51.9. The molecule has 0 bridgehead atoms. The van der Waals surface area contributed by atoms with E-state index in [1.54, 1.807) is 6.92 Å². The number of nitrogens with one attached hydrogen (secondary N) is 1. The van der Waals surface area contributed by atoms with Crippen LogP contribution in [0.4, 0.5) is 5.69 Å². The Morgan fingerprint density at radius 1 is 1.15 bits per heavy atom. The van der Waals surface area contributed by atoms with Gasteiger partial charge in [0.2, 0.25) is 20.0 Å². The Morgan fingerprint density at radius 3 is 2.15 bits per heavy atom. The summed E-state index contributed by atoms with van der Waals surface area (Å²) in [5.74, 6) is -2.78. The molecule has 27 heavy (non-hydrogen) atoms. The SMILES string of the molecule is Cc1ccc(S(=O)(=O)NC(CCC(=O)O)C(=O)O)c(C)c1N(C)S(C)(=O)=O. The number of carbonyl (C=O) groups is 2. The highest BCUT2D eigenvalue weighted by Gasteiger charge is 2.29. The van der Waals surface area contributed by atoms with Gasteiger partial charge in [-0.1, -0.05) is 6.07 Å². The number of anilines is 1. The van der Waals surface area contributed by atoms with Crippen molar-refractivity contribution in [1.29, 1.82) is 0 Å². The number of carboxylic acid groups (broad SMARTS) is 2. The summed E-state index contributed by atoms with van der Waals surface area (Å²) in [5, 5.41) is 17.8. The van der Waals surface area contributed by atoms with E-state index in [9.17, 15) is 26.4 Å². The third kappa shape index (κ3) is 5.65. The Morgan fingerprint density at radius 2 is 1.70 bits per heavy atom. The van der Waals surface area contributed by atoms with Gasteiger partial charge in [0.1, 0.15) is 6.04 Å². The number of benzene rings is 1. The molecular formula is C15H22N2O8S2. The number of carboxylic acids is 2. The largest absolute Gasteiger partial charge is 0.481 e. The standard InChI is InChI=1S/C15H22N2O8S2/c1-9-5-7-12(10(2)14(9)17(3)26(4,22)23)27(24,25)16-11(15(20)21)6-8-13(18)19/h5,7,11,16H,6,8H2,1-4H3,(H,18,19)(H,20,21). The molecule has 152 valence electrons. The van der Waals surface area contributed by atoms with Crippen LogP contribution in [0.1, 0.15) is 24.0 Å². The highest BCUT2D eigenvalue weighted by molar-refractivity contribution is 7.92. The quantitative estimate of drug-likeness (QED) is 0.512. The fourth-order valence-corrected chi connectivity index (χ4v) is 4.59. The molecule has 0 heterocycles. The summed E-state index contributed by atoms with van der Waals surface area (Å²) in [7, 11) is -6.73. The van der Waals surface area contributed by atoms with Gasteiger partial charge in [-0.15, -0.1) is 0 Å². The van der Waals surface area contributed by atoms with Crippen molar-refractivity contribution < 1.29 is 36.6 Å². The molecule has 10 nitrogen and oxygen atoms in total. The lowest BCUT2D eigenvalue weighted by atomic mass is 10.1. The Labute approximate surface area is 157 Å². The molecular weight excluding hydrogens is 400 g/mol. The van der Waals surface area contributed by atoms with Crippen LogP contribution in [0.15, 0.2) is 17.0 Å². The van der Waals surface area contributed by atoms with E-state index >= 15 is 0 Å². The molecule has 0 saturated carbocycles. The molecule has 0 aliphatic rings. The second-order valence-electron chi connectivity index (χ2n) is 6.03. The summed E-state index contributed by atoms with van der Waals surface area (Å²) >= 11 is 0. The normalized spacial score (nSPS) is 13.2. The number of sulfonamides is 2. The maximum atomic E-state index is 12.7. The predicted octanol–water partition coefficient (Wildman–Crippen LogP) is 0.296. The van der Waals surface area contributed by atoms with Crippen molar-refractivity contribution >= 4 is 37.7 Å². The van der Waals surface area contributed by atoms with E-state index in [0.29, 0.717) is 5.56 Å². The van der Waals surface area contributed by atoms with Gasteiger partial charge in [-0.25, -0.2) is 16.8 Å². The zero-order valence-corrected chi connectivity index (χ0v) is 16.9. The molecule has 0 aromatic heterocycles. The van der Waals surface area contributed by atoms with Crippen LogP contribution in [0.5, 0.6) is 0 Å². The van der Waals surface area contributed by atoms with Gasteiger partial charge >= 0.3 is 11.9 Å². The molecule has 0 aliphatic heterocycles. The Hall–Kier alpha value is -2.18. The second-order valence-corrected chi connectivity index (χ2v) is 9.73.